The fraction of sp³-hybridized carbons (Fsp3) is 0.462. The Balaban J connectivity index is 0.00000288. The third-order valence-electron chi connectivity index (χ3n) is 3.65. The quantitative estimate of drug-likeness (QED) is 0.646. The molecule has 0 atom stereocenters. The number of piperazine rings is 1. The van der Waals surface area contributed by atoms with Gasteiger partial charge in [0.1, 0.15) is 5.69 Å². The van der Waals surface area contributed by atoms with Gasteiger partial charge in [-0.05, 0) is 12.1 Å². The Labute approximate surface area is 141 Å². The summed E-state index contributed by atoms with van der Waals surface area (Å²) in [5.74, 6) is -0.230. The van der Waals surface area contributed by atoms with E-state index in [-0.39, 0.29) is 43.6 Å². The lowest BCUT2D eigenvalue weighted by Gasteiger charge is -2.35. The van der Waals surface area contributed by atoms with Gasteiger partial charge in [-0.15, -0.1) is 12.4 Å². The number of hydrogen-bond donors (Lipinski definition) is 1. The van der Waals surface area contributed by atoms with Gasteiger partial charge in [0.2, 0.25) is 5.91 Å². The molecule has 1 aliphatic heterocycles. The standard InChI is InChI=1S/C13H15F3N4O3.ClH/c14-13(15,16)9-1-2-10(11(7-9)20(22)23)18-3-5-19(6-4-18)12(21)8-17;/h1-2,7H,3-6,8,17H2;1H. The van der Waals surface area contributed by atoms with Gasteiger partial charge in [-0.1, -0.05) is 0 Å². The summed E-state index contributed by atoms with van der Waals surface area (Å²) >= 11 is 0. The summed E-state index contributed by atoms with van der Waals surface area (Å²) in [7, 11) is 0. The van der Waals surface area contributed by atoms with Crippen molar-refractivity contribution < 1.29 is 22.9 Å². The number of benzene rings is 1. The molecule has 1 fully saturated rings. The molecule has 0 saturated carbocycles. The Morgan fingerprint density at radius 3 is 2.29 bits per heavy atom. The first-order chi connectivity index (χ1) is 10.7. The van der Waals surface area contributed by atoms with Crippen LogP contribution in [0, 0.1) is 10.1 Å². The molecule has 1 aromatic rings. The Kier molecular flexibility index (Phi) is 6.38. The zero-order valence-electron chi connectivity index (χ0n) is 12.5. The number of nitro groups is 1. The van der Waals surface area contributed by atoms with Gasteiger partial charge in [-0.25, -0.2) is 0 Å². The zero-order chi connectivity index (χ0) is 17.2. The molecule has 2 rings (SSSR count). The lowest BCUT2D eigenvalue weighted by atomic mass is 10.1. The average Bonchev–Trinajstić information content (AvgIpc) is 2.52. The number of carbonyl (C=O) groups excluding carboxylic acids is 1. The predicted molar refractivity (Wildman–Crippen MR) is 83.2 cm³/mol. The minimum absolute atomic E-state index is 0. The highest BCUT2D eigenvalue weighted by molar-refractivity contribution is 5.85. The highest BCUT2D eigenvalue weighted by atomic mass is 35.5. The number of carbonyl (C=O) groups is 1. The average molecular weight is 369 g/mol. The number of halogens is 4. The maximum absolute atomic E-state index is 12.7. The lowest BCUT2D eigenvalue weighted by molar-refractivity contribution is -0.384. The molecule has 2 N–H and O–H groups in total. The summed E-state index contributed by atoms with van der Waals surface area (Å²) in [6.07, 6.45) is -4.64. The molecule has 0 bridgehead atoms. The maximum Gasteiger partial charge on any atom is 0.416 e. The molecule has 0 aromatic heterocycles. The summed E-state index contributed by atoms with van der Waals surface area (Å²) in [6, 6.07) is 2.45. The summed E-state index contributed by atoms with van der Waals surface area (Å²) in [5, 5.41) is 11.1. The molecule has 1 amide bonds. The van der Waals surface area contributed by atoms with Crippen LogP contribution in [0.1, 0.15) is 5.56 Å². The summed E-state index contributed by atoms with van der Waals surface area (Å²) in [5.41, 5.74) is 3.72. The Morgan fingerprint density at radius 1 is 1.25 bits per heavy atom. The first-order valence-electron chi connectivity index (χ1n) is 6.82. The van der Waals surface area contributed by atoms with Crippen LogP contribution in [0.4, 0.5) is 24.5 Å². The smallest absolute Gasteiger partial charge is 0.362 e. The highest BCUT2D eigenvalue weighted by Crippen LogP contribution is 2.36. The van der Waals surface area contributed by atoms with E-state index in [9.17, 15) is 28.1 Å². The maximum atomic E-state index is 12.7. The van der Waals surface area contributed by atoms with E-state index in [1.54, 1.807) is 4.90 Å². The number of alkyl halides is 3. The molecule has 11 heteroatoms. The number of hydrogen-bond acceptors (Lipinski definition) is 5. The summed E-state index contributed by atoms with van der Waals surface area (Å²) in [6.45, 7) is 1.08. The van der Waals surface area contributed by atoms with E-state index >= 15 is 0 Å². The van der Waals surface area contributed by atoms with Gasteiger partial charge in [0, 0.05) is 32.2 Å². The van der Waals surface area contributed by atoms with Crippen LogP contribution >= 0.6 is 12.4 Å². The van der Waals surface area contributed by atoms with Crippen LogP contribution in [0.25, 0.3) is 0 Å². The Bertz CT molecular complexity index is 619. The Morgan fingerprint density at radius 2 is 1.83 bits per heavy atom. The molecule has 0 spiro atoms. The van der Waals surface area contributed by atoms with Gasteiger partial charge in [-0.2, -0.15) is 13.2 Å². The van der Waals surface area contributed by atoms with Crippen LogP contribution in [0.15, 0.2) is 18.2 Å². The summed E-state index contributed by atoms with van der Waals surface area (Å²) in [4.78, 5) is 24.9. The fourth-order valence-corrected chi connectivity index (χ4v) is 2.44. The number of amides is 1. The molecule has 0 radical (unpaired) electrons. The predicted octanol–water partition coefficient (Wildman–Crippen LogP) is 1.64. The van der Waals surface area contributed by atoms with Crippen molar-refractivity contribution in [3.05, 3.63) is 33.9 Å². The monoisotopic (exact) mass is 368 g/mol. The fourth-order valence-electron chi connectivity index (χ4n) is 2.44. The molecule has 134 valence electrons. The van der Waals surface area contributed by atoms with Gasteiger partial charge >= 0.3 is 6.18 Å². The van der Waals surface area contributed by atoms with E-state index in [0.29, 0.717) is 19.2 Å². The molecule has 7 nitrogen and oxygen atoms in total. The van der Waals surface area contributed by atoms with Gasteiger partial charge in [0.05, 0.1) is 17.0 Å². The van der Waals surface area contributed by atoms with E-state index in [1.165, 1.54) is 4.90 Å². The highest BCUT2D eigenvalue weighted by Gasteiger charge is 2.34. The van der Waals surface area contributed by atoms with E-state index in [0.717, 1.165) is 12.1 Å². The number of nitro benzene ring substituents is 1. The van der Waals surface area contributed by atoms with Gasteiger partial charge in [0.15, 0.2) is 0 Å². The topological polar surface area (TPSA) is 92.7 Å². The normalized spacial score (nSPS) is 15.0. The van der Waals surface area contributed by atoms with Crippen LogP contribution in [-0.4, -0.2) is 48.5 Å². The van der Waals surface area contributed by atoms with Crippen molar-refractivity contribution >= 4 is 29.7 Å². The first kappa shape index (κ1) is 20.0. The van der Waals surface area contributed by atoms with Crippen molar-refractivity contribution in [2.45, 2.75) is 6.18 Å². The molecule has 0 unspecified atom stereocenters. The molecular formula is C13H16ClF3N4O3. The molecular weight excluding hydrogens is 353 g/mol. The molecule has 1 heterocycles. The number of anilines is 1. The van der Waals surface area contributed by atoms with Crippen molar-refractivity contribution in [1.82, 2.24) is 4.90 Å². The molecule has 0 aliphatic carbocycles. The van der Waals surface area contributed by atoms with Crippen molar-refractivity contribution in [1.29, 1.82) is 0 Å². The minimum atomic E-state index is -4.64. The molecule has 1 aliphatic rings. The minimum Gasteiger partial charge on any atom is -0.362 e. The van der Waals surface area contributed by atoms with Crippen molar-refractivity contribution in [3.63, 3.8) is 0 Å². The van der Waals surface area contributed by atoms with Crippen molar-refractivity contribution in [2.75, 3.05) is 37.6 Å². The molecule has 1 saturated heterocycles. The second kappa shape index (κ2) is 7.67. The number of rotatable bonds is 3. The third kappa shape index (κ3) is 4.26. The van der Waals surface area contributed by atoms with Gasteiger partial charge < -0.3 is 15.5 Å². The second-order valence-electron chi connectivity index (χ2n) is 5.03. The van der Waals surface area contributed by atoms with Crippen molar-refractivity contribution in [3.8, 4) is 0 Å². The van der Waals surface area contributed by atoms with Crippen LogP contribution < -0.4 is 10.6 Å². The number of nitrogens with zero attached hydrogens (tertiary/aromatic N) is 3. The van der Waals surface area contributed by atoms with E-state index in [1.807, 2.05) is 0 Å². The number of nitrogens with two attached hydrogens (primary N) is 1. The SMILES string of the molecule is Cl.NCC(=O)N1CCN(c2ccc(C(F)(F)F)cc2[N+](=O)[O-])CC1. The van der Waals surface area contributed by atoms with Gasteiger partial charge in [-0.3, -0.25) is 14.9 Å². The van der Waals surface area contributed by atoms with E-state index in [2.05, 4.69) is 0 Å². The van der Waals surface area contributed by atoms with Gasteiger partial charge in [0.25, 0.3) is 5.69 Å². The van der Waals surface area contributed by atoms with E-state index < -0.39 is 22.4 Å². The van der Waals surface area contributed by atoms with Crippen LogP contribution in [0.2, 0.25) is 0 Å². The zero-order valence-corrected chi connectivity index (χ0v) is 13.3. The molecule has 24 heavy (non-hydrogen) atoms. The second-order valence-corrected chi connectivity index (χ2v) is 5.03. The molecule has 1 aromatic carbocycles. The third-order valence-corrected chi connectivity index (χ3v) is 3.65. The lowest BCUT2D eigenvalue weighted by Crippen LogP contribution is -2.50. The first-order valence-corrected chi connectivity index (χ1v) is 6.82. The van der Waals surface area contributed by atoms with Crippen LogP contribution in [0.5, 0.6) is 0 Å². The van der Waals surface area contributed by atoms with E-state index in [4.69, 9.17) is 5.73 Å². The van der Waals surface area contributed by atoms with Crippen LogP contribution in [-0.2, 0) is 11.0 Å². The Hall–Kier alpha value is -2.07. The summed E-state index contributed by atoms with van der Waals surface area (Å²) < 4.78 is 38.1. The largest absolute Gasteiger partial charge is 0.416 e. The van der Waals surface area contributed by atoms with Crippen molar-refractivity contribution in [2.24, 2.45) is 5.73 Å². The van der Waals surface area contributed by atoms with Crippen LogP contribution in [0.3, 0.4) is 0 Å².